The number of alkyl halides is 3. The molecule has 1 amide bonds. The van der Waals surface area contributed by atoms with E-state index in [4.69, 9.17) is 9.39 Å². The van der Waals surface area contributed by atoms with Crippen LogP contribution in [0.1, 0.15) is 11.1 Å². The molecule has 3 N–H and O–H groups in total. The normalized spacial score (nSPS) is 12.8. The van der Waals surface area contributed by atoms with Gasteiger partial charge >= 0.3 is 19.3 Å². The van der Waals surface area contributed by atoms with Crippen LogP contribution >= 0.6 is 0 Å². The van der Waals surface area contributed by atoms with Crippen molar-refractivity contribution in [1.29, 1.82) is 0 Å². The summed E-state index contributed by atoms with van der Waals surface area (Å²) in [4.78, 5) is 19.0. The Bertz CT molecular complexity index is 1220. The molecule has 12 heteroatoms. The Labute approximate surface area is 186 Å². The molecule has 0 fully saturated rings. The molecule has 168 valence electrons. The number of fused-ring (bicyclic) bond motifs is 1. The van der Waals surface area contributed by atoms with Gasteiger partial charge in [-0.2, -0.15) is 18.2 Å². The molecule has 0 bridgehead atoms. The van der Waals surface area contributed by atoms with Crippen molar-refractivity contribution in [1.82, 2.24) is 9.97 Å². The summed E-state index contributed by atoms with van der Waals surface area (Å²) >= 11 is 0. The van der Waals surface area contributed by atoms with Gasteiger partial charge in [0.15, 0.2) is 0 Å². The fraction of sp³-hybridized carbons (Fsp3) is 0.0952. The number of ether oxygens (including phenoxy) is 1. The molecule has 1 aromatic heterocycles. The SMILES string of the molecule is C=CC(=O)Nc1cccc(Nc2nc(Oc3ccc4c(c3)B(O)OC4)ncc2C(F)(F)F)c1. The molecule has 3 aromatic rings. The first-order valence-corrected chi connectivity index (χ1v) is 9.58. The van der Waals surface area contributed by atoms with Crippen LogP contribution in [0.2, 0.25) is 0 Å². The summed E-state index contributed by atoms with van der Waals surface area (Å²) in [5.74, 6) is -0.784. The van der Waals surface area contributed by atoms with E-state index >= 15 is 0 Å². The topological polar surface area (TPSA) is 106 Å². The largest absolute Gasteiger partial charge is 0.491 e. The zero-order chi connectivity index (χ0) is 23.6. The van der Waals surface area contributed by atoms with Gasteiger partial charge in [-0.3, -0.25) is 4.79 Å². The molecule has 0 aliphatic carbocycles. The van der Waals surface area contributed by atoms with Crippen molar-refractivity contribution in [3.05, 3.63) is 72.4 Å². The summed E-state index contributed by atoms with van der Waals surface area (Å²) < 4.78 is 51.2. The summed E-state index contributed by atoms with van der Waals surface area (Å²) in [6.07, 6.45) is -3.05. The van der Waals surface area contributed by atoms with Crippen LogP contribution < -0.4 is 20.8 Å². The summed E-state index contributed by atoms with van der Waals surface area (Å²) in [6.45, 7) is 3.59. The monoisotopic (exact) mass is 456 g/mol. The molecule has 0 unspecified atom stereocenters. The third-order valence-electron chi connectivity index (χ3n) is 4.64. The molecule has 33 heavy (non-hydrogen) atoms. The number of hydrogen-bond acceptors (Lipinski definition) is 7. The van der Waals surface area contributed by atoms with Gasteiger partial charge in [0.25, 0.3) is 0 Å². The van der Waals surface area contributed by atoms with Crippen molar-refractivity contribution >= 4 is 35.7 Å². The molecule has 2 heterocycles. The smallest absolute Gasteiger partial charge is 0.424 e. The van der Waals surface area contributed by atoms with Crippen molar-refractivity contribution < 1.29 is 32.4 Å². The van der Waals surface area contributed by atoms with Gasteiger partial charge in [-0.25, -0.2) is 4.98 Å². The number of aromatic nitrogens is 2. The highest BCUT2D eigenvalue weighted by Gasteiger charge is 2.35. The summed E-state index contributed by atoms with van der Waals surface area (Å²) in [5, 5.41) is 14.9. The fourth-order valence-electron chi connectivity index (χ4n) is 3.08. The number of nitrogens with one attached hydrogen (secondary N) is 2. The number of carbonyl (C=O) groups is 1. The predicted octanol–water partition coefficient (Wildman–Crippen LogP) is 3.37. The number of rotatable bonds is 6. The Kier molecular flexibility index (Phi) is 6.03. The third kappa shape index (κ3) is 5.13. The molecule has 0 saturated carbocycles. The van der Waals surface area contributed by atoms with Crippen LogP contribution in [-0.4, -0.2) is 28.0 Å². The van der Waals surface area contributed by atoms with Crippen molar-refractivity contribution in [3.63, 3.8) is 0 Å². The van der Waals surface area contributed by atoms with E-state index in [0.717, 1.165) is 11.6 Å². The first-order chi connectivity index (χ1) is 15.7. The number of halogens is 3. The zero-order valence-electron chi connectivity index (χ0n) is 16.9. The minimum atomic E-state index is -4.73. The summed E-state index contributed by atoms with van der Waals surface area (Å²) in [7, 11) is -1.11. The van der Waals surface area contributed by atoms with Crippen LogP contribution in [0.4, 0.5) is 30.4 Å². The zero-order valence-corrected chi connectivity index (χ0v) is 16.9. The van der Waals surface area contributed by atoms with Gasteiger partial charge in [0.2, 0.25) is 5.91 Å². The van der Waals surface area contributed by atoms with Gasteiger partial charge in [-0.1, -0.05) is 18.7 Å². The molecule has 0 spiro atoms. The quantitative estimate of drug-likeness (QED) is 0.386. The summed E-state index contributed by atoms with van der Waals surface area (Å²) in [5.41, 5.74) is 0.756. The van der Waals surface area contributed by atoms with Crippen LogP contribution in [0.3, 0.4) is 0 Å². The number of nitrogens with zero attached hydrogens (tertiary/aromatic N) is 2. The average Bonchev–Trinajstić information content (AvgIpc) is 3.13. The van der Waals surface area contributed by atoms with Crippen molar-refractivity contribution in [2.24, 2.45) is 0 Å². The Hall–Kier alpha value is -3.90. The van der Waals surface area contributed by atoms with E-state index in [2.05, 4.69) is 27.2 Å². The summed E-state index contributed by atoms with van der Waals surface area (Å²) in [6, 6.07) is 10.5. The second-order valence-electron chi connectivity index (χ2n) is 6.94. The van der Waals surface area contributed by atoms with E-state index in [1.807, 2.05) is 0 Å². The van der Waals surface area contributed by atoms with Gasteiger partial charge in [-0.05, 0) is 47.4 Å². The Balaban J connectivity index is 1.62. The van der Waals surface area contributed by atoms with Gasteiger partial charge in [-0.15, -0.1) is 0 Å². The van der Waals surface area contributed by atoms with E-state index < -0.39 is 30.6 Å². The maximum Gasteiger partial charge on any atom is 0.491 e. The van der Waals surface area contributed by atoms with E-state index in [-0.39, 0.29) is 24.1 Å². The maximum atomic E-state index is 13.5. The highest BCUT2D eigenvalue weighted by Crippen LogP contribution is 2.36. The highest BCUT2D eigenvalue weighted by atomic mass is 19.4. The Morgan fingerprint density at radius 3 is 2.79 bits per heavy atom. The minimum Gasteiger partial charge on any atom is -0.424 e. The lowest BCUT2D eigenvalue weighted by molar-refractivity contribution is -0.137. The number of carbonyl (C=O) groups excluding carboxylic acids is 1. The molecule has 0 saturated heterocycles. The second kappa shape index (κ2) is 8.92. The average molecular weight is 456 g/mol. The van der Waals surface area contributed by atoms with Crippen molar-refractivity contribution in [3.8, 4) is 11.8 Å². The first kappa shape index (κ1) is 22.3. The molecular weight excluding hydrogens is 440 g/mol. The molecule has 1 aliphatic heterocycles. The third-order valence-corrected chi connectivity index (χ3v) is 4.64. The second-order valence-corrected chi connectivity index (χ2v) is 6.94. The van der Waals surface area contributed by atoms with E-state index in [1.165, 1.54) is 18.2 Å². The lowest BCUT2D eigenvalue weighted by Crippen LogP contribution is -2.27. The number of hydrogen-bond donors (Lipinski definition) is 3. The standard InChI is InChI=1S/C21H16BF3N4O4/c1-2-18(30)27-13-4-3-5-14(8-13)28-19-16(21(23,24)25)10-26-20(29-19)33-15-7-6-12-11-32-22(31)17(12)9-15/h2-10,31H,1,11H2,(H,27,30)(H,26,28,29). The van der Waals surface area contributed by atoms with Gasteiger partial charge in [0, 0.05) is 17.6 Å². The number of benzene rings is 2. The number of anilines is 3. The van der Waals surface area contributed by atoms with Gasteiger partial charge in [0.1, 0.15) is 17.1 Å². The van der Waals surface area contributed by atoms with Crippen LogP contribution in [0.5, 0.6) is 11.8 Å². The molecule has 1 aliphatic rings. The van der Waals surface area contributed by atoms with Crippen LogP contribution in [-0.2, 0) is 22.2 Å². The van der Waals surface area contributed by atoms with Gasteiger partial charge in [0.05, 0.1) is 6.61 Å². The van der Waals surface area contributed by atoms with Crippen molar-refractivity contribution in [2.75, 3.05) is 10.6 Å². The molecule has 2 aromatic carbocycles. The molecule has 8 nitrogen and oxygen atoms in total. The van der Waals surface area contributed by atoms with E-state index in [0.29, 0.717) is 17.3 Å². The first-order valence-electron chi connectivity index (χ1n) is 9.58. The van der Waals surface area contributed by atoms with E-state index in [9.17, 15) is 23.0 Å². The molecule has 0 radical (unpaired) electrons. The molecule has 4 rings (SSSR count). The minimum absolute atomic E-state index is 0.221. The Morgan fingerprint density at radius 1 is 1.24 bits per heavy atom. The fourth-order valence-corrected chi connectivity index (χ4v) is 3.08. The number of amides is 1. The maximum absolute atomic E-state index is 13.5. The predicted molar refractivity (Wildman–Crippen MR) is 114 cm³/mol. The molecule has 0 atom stereocenters. The lowest BCUT2D eigenvalue weighted by Gasteiger charge is -2.15. The van der Waals surface area contributed by atoms with Crippen LogP contribution in [0, 0.1) is 0 Å². The van der Waals surface area contributed by atoms with Gasteiger partial charge < -0.3 is 25.0 Å². The van der Waals surface area contributed by atoms with E-state index in [1.54, 1.807) is 24.3 Å². The lowest BCUT2D eigenvalue weighted by atomic mass is 9.79. The Morgan fingerprint density at radius 2 is 2.03 bits per heavy atom. The van der Waals surface area contributed by atoms with Crippen molar-refractivity contribution in [2.45, 2.75) is 12.8 Å². The highest BCUT2D eigenvalue weighted by molar-refractivity contribution is 6.61. The molecular formula is C21H16BF3N4O4. The van der Waals surface area contributed by atoms with Crippen LogP contribution in [0.15, 0.2) is 61.3 Å². The van der Waals surface area contributed by atoms with Crippen LogP contribution in [0.25, 0.3) is 0 Å².